The average molecular weight is 509 g/mol. The molecule has 1 amide bonds. The molecule has 0 aromatic heterocycles. The zero-order chi connectivity index (χ0) is 16.7. The van der Waals surface area contributed by atoms with Crippen molar-refractivity contribution in [3.63, 3.8) is 0 Å². The Balaban J connectivity index is 0.00000288. The van der Waals surface area contributed by atoms with Gasteiger partial charge >= 0.3 is 0 Å². The van der Waals surface area contributed by atoms with E-state index in [2.05, 4.69) is 55.1 Å². The molecule has 7 heteroatoms. The van der Waals surface area contributed by atoms with Crippen LogP contribution < -0.4 is 16.0 Å². The molecule has 0 aliphatic heterocycles. The first-order valence-electron chi connectivity index (χ1n) is 8.15. The molecular formula is C17H26BrIN4O. The lowest BCUT2D eigenvalue weighted by molar-refractivity contribution is -0.119. The highest BCUT2D eigenvalue weighted by atomic mass is 127. The Morgan fingerprint density at radius 1 is 1.17 bits per heavy atom. The average Bonchev–Trinajstić information content (AvgIpc) is 3.32. The van der Waals surface area contributed by atoms with E-state index in [0.717, 1.165) is 17.6 Å². The van der Waals surface area contributed by atoms with Crippen LogP contribution in [-0.2, 0) is 10.2 Å². The molecule has 1 aromatic rings. The van der Waals surface area contributed by atoms with Gasteiger partial charge in [0.1, 0.15) is 6.54 Å². The molecule has 24 heavy (non-hydrogen) atoms. The molecule has 1 aromatic carbocycles. The molecule has 0 saturated heterocycles. The minimum absolute atomic E-state index is 0. The Bertz CT molecular complexity index is 575. The van der Waals surface area contributed by atoms with Crippen molar-refractivity contribution in [2.24, 2.45) is 4.99 Å². The van der Waals surface area contributed by atoms with E-state index in [-0.39, 0.29) is 41.8 Å². The number of nitrogens with one attached hydrogen (secondary N) is 3. The first-order valence-corrected chi connectivity index (χ1v) is 8.94. The van der Waals surface area contributed by atoms with Crippen LogP contribution in [0.4, 0.5) is 0 Å². The first-order chi connectivity index (χ1) is 11.1. The topological polar surface area (TPSA) is 65.5 Å². The van der Waals surface area contributed by atoms with Crippen molar-refractivity contribution in [1.82, 2.24) is 16.0 Å². The molecule has 3 N–H and O–H groups in total. The molecule has 0 atom stereocenters. The van der Waals surface area contributed by atoms with Gasteiger partial charge in [-0.3, -0.25) is 4.79 Å². The largest absolute Gasteiger partial charge is 0.357 e. The maximum Gasteiger partial charge on any atom is 0.241 e. The van der Waals surface area contributed by atoms with Crippen LogP contribution in [0.3, 0.4) is 0 Å². The number of halogens is 2. The lowest BCUT2D eigenvalue weighted by Crippen LogP contribution is -2.42. The highest BCUT2D eigenvalue weighted by Crippen LogP contribution is 2.49. The van der Waals surface area contributed by atoms with Gasteiger partial charge in [-0.15, -0.1) is 24.0 Å². The molecule has 134 valence electrons. The Labute approximate surface area is 169 Å². The Morgan fingerprint density at radius 3 is 2.42 bits per heavy atom. The molecular weight excluding hydrogens is 483 g/mol. The quantitative estimate of drug-likeness (QED) is 0.301. The maximum absolute atomic E-state index is 11.6. The smallest absolute Gasteiger partial charge is 0.241 e. The molecule has 0 spiro atoms. The zero-order valence-electron chi connectivity index (χ0n) is 14.2. The summed E-state index contributed by atoms with van der Waals surface area (Å²) in [4.78, 5) is 15.9. The van der Waals surface area contributed by atoms with E-state index >= 15 is 0 Å². The first kappa shape index (κ1) is 21.2. The van der Waals surface area contributed by atoms with Gasteiger partial charge in [-0.25, -0.2) is 4.99 Å². The van der Waals surface area contributed by atoms with E-state index in [0.29, 0.717) is 12.5 Å². The van der Waals surface area contributed by atoms with Gasteiger partial charge in [0.15, 0.2) is 5.96 Å². The molecule has 5 nitrogen and oxygen atoms in total. The number of amides is 1. The van der Waals surface area contributed by atoms with Gasteiger partial charge in [0.05, 0.1) is 0 Å². The molecule has 1 saturated carbocycles. The number of carbonyl (C=O) groups is 1. The number of benzene rings is 1. The Kier molecular flexibility index (Phi) is 9.04. The molecule has 0 bridgehead atoms. The number of rotatable bonds is 7. The summed E-state index contributed by atoms with van der Waals surface area (Å²) in [5.41, 5.74) is 1.51. The summed E-state index contributed by atoms with van der Waals surface area (Å²) in [5, 5.41) is 9.33. The van der Waals surface area contributed by atoms with Crippen LogP contribution in [0.2, 0.25) is 0 Å². The van der Waals surface area contributed by atoms with Crippen molar-refractivity contribution in [2.45, 2.75) is 32.1 Å². The van der Waals surface area contributed by atoms with Crippen LogP contribution in [0.5, 0.6) is 0 Å². The van der Waals surface area contributed by atoms with Crippen LogP contribution in [0.15, 0.2) is 33.7 Å². The second-order valence-electron chi connectivity index (χ2n) is 5.76. The lowest BCUT2D eigenvalue weighted by atomic mass is 9.96. The van der Waals surface area contributed by atoms with Crippen LogP contribution in [0.25, 0.3) is 0 Å². The number of aliphatic imine (C=N–C) groups is 1. The number of carbonyl (C=O) groups excluding carboxylic acids is 1. The third-order valence-electron chi connectivity index (χ3n) is 3.99. The number of guanidine groups is 1. The highest BCUT2D eigenvalue weighted by molar-refractivity contribution is 14.0. The summed E-state index contributed by atoms with van der Waals surface area (Å²) in [6.45, 7) is 6.28. The normalized spacial score (nSPS) is 15.2. The van der Waals surface area contributed by atoms with Gasteiger partial charge in [0.25, 0.3) is 0 Å². The standard InChI is InChI=1S/C17H25BrN4O.HI/c1-3-19-15(23)11-21-16(20-4-2)22-12-17(9-10-17)13-7-5-6-8-14(13)18;/h5-8H,3-4,9-12H2,1-2H3,(H,19,23)(H2,20,21,22);1H. The summed E-state index contributed by atoms with van der Waals surface area (Å²) in [6.07, 6.45) is 2.33. The van der Waals surface area contributed by atoms with Gasteiger partial charge in [0, 0.05) is 29.5 Å². The molecule has 2 rings (SSSR count). The highest BCUT2D eigenvalue weighted by Gasteiger charge is 2.45. The summed E-state index contributed by atoms with van der Waals surface area (Å²) in [6, 6.07) is 8.38. The van der Waals surface area contributed by atoms with Crippen molar-refractivity contribution in [3.8, 4) is 0 Å². The van der Waals surface area contributed by atoms with Crippen molar-refractivity contribution < 1.29 is 4.79 Å². The fourth-order valence-corrected chi connectivity index (χ4v) is 3.29. The lowest BCUT2D eigenvalue weighted by Gasteiger charge is -2.20. The van der Waals surface area contributed by atoms with E-state index in [1.165, 1.54) is 18.4 Å². The van der Waals surface area contributed by atoms with Crippen LogP contribution in [-0.4, -0.2) is 38.0 Å². The predicted molar refractivity (Wildman–Crippen MR) is 113 cm³/mol. The number of hydrogen-bond acceptors (Lipinski definition) is 2. The van der Waals surface area contributed by atoms with Crippen molar-refractivity contribution >= 4 is 51.8 Å². The monoisotopic (exact) mass is 508 g/mol. The molecule has 1 aliphatic carbocycles. The van der Waals surface area contributed by atoms with Gasteiger partial charge in [-0.1, -0.05) is 34.1 Å². The third kappa shape index (κ3) is 5.91. The Hall–Kier alpha value is -0.830. The second kappa shape index (κ2) is 10.2. The molecule has 0 radical (unpaired) electrons. The van der Waals surface area contributed by atoms with Crippen LogP contribution >= 0.6 is 39.9 Å². The molecule has 1 aliphatic rings. The number of hydrogen-bond donors (Lipinski definition) is 3. The Morgan fingerprint density at radius 2 is 1.83 bits per heavy atom. The van der Waals surface area contributed by atoms with E-state index in [1.54, 1.807) is 0 Å². The van der Waals surface area contributed by atoms with Gasteiger partial charge in [-0.2, -0.15) is 0 Å². The summed E-state index contributed by atoms with van der Waals surface area (Å²) >= 11 is 3.65. The molecule has 0 heterocycles. The summed E-state index contributed by atoms with van der Waals surface area (Å²) < 4.78 is 1.16. The van der Waals surface area contributed by atoms with E-state index in [9.17, 15) is 4.79 Å². The predicted octanol–water partition coefficient (Wildman–Crippen LogP) is 2.79. The second-order valence-corrected chi connectivity index (χ2v) is 6.62. The SMILES string of the molecule is CCNC(=O)CN=C(NCC)NCC1(c2ccccc2Br)CC1.I. The third-order valence-corrected chi connectivity index (χ3v) is 4.68. The van der Waals surface area contributed by atoms with Gasteiger partial charge in [-0.05, 0) is 38.3 Å². The number of likely N-dealkylation sites (N-methyl/N-ethyl adjacent to an activating group) is 1. The van der Waals surface area contributed by atoms with Crippen molar-refractivity contribution in [3.05, 3.63) is 34.3 Å². The van der Waals surface area contributed by atoms with Crippen molar-refractivity contribution in [1.29, 1.82) is 0 Å². The van der Waals surface area contributed by atoms with Crippen LogP contribution in [0.1, 0.15) is 32.3 Å². The van der Waals surface area contributed by atoms with E-state index in [4.69, 9.17) is 0 Å². The maximum atomic E-state index is 11.6. The van der Waals surface area contributed by atoms with E-state index in [1.807, 2.05) is 19.9 Å². The van der Waals surface area contributed by atoms with Crippen LogP contribution in [0, 0.1) is 0 Å². The minimum atomic E-state index is -0.0587. The van der Waals surface area contributed by atoms with E-state index < -0.39 is 0 Å². The fraction of sp³-hybridized carbons (Fsp3) is 0.529. The van der Waals surface area contributed by atoms with Gasteiger partial charge in [0.2, 0.25) is 5.91 Å². The summed E-state index contributed by atoms with van der Waals surface area (Å²) in [7, 11) is 0. The van der Waals surface area contributed by atoms with Gasteiger partial charge < -0.3 is 16.0 Å². The summed E-state index contributed by atoms with van der Waals surface area (Å²) in [5.74, 6) is 0.633. The fourth-order valence-electron chi connectivity index (χ4n) is 2.58. The number of nitrogens with zero attached hydrogens (tertiary/aromatic N) is 1. The zero-order valence-corrected chi connectivity index (χ0v) is 18.1. The molecule has 0 unspecified atom stereocenters. The minimum Gasteiger partial charge on any atom is -0.357 e. The molecule has 1 fully saturated rings. The van der Waals surface area contributed by atoms with Crippen molar-refractivity contribution in [2.75, 3.05) is 26.2 Å².